The molecular weight excluding hydrogens is 467 g/mol. The number of esters is 1. The monoisotopic (exact) mass is 490 g/mol. The van der Waals surface area contributed by atoms with Crippen LogP contribution in [0, 0.1) is 11.7 Å². The number of thiophene rings is 1. The first-order chi connectivity index (χ1) is 15.8. The summed E-state index contributed by atoms with van der Waals surface area (Å²) in [6, 6.07) is 11.9. The summed E-state index contributed by atoms with van der Waals surface area (Å²) < 4.78 is 46.4. The van der Waals surface area contributed by atoms with Crippen LogP contribution in [0.4, 0.5) is 9.39 Å². The molecule has 1 unspecified atom stereocenters. The summed E-state index contributed by atoms with van der Waals surface area (Å²) in [7, 11) is -3.85. The third kappa shape index (κ3) is 4.78. The maximum absolute atomic E-state index is 13.2. The van der Waals surface area contributed by atoms with Crippen molar-refractivity contribution < 1.29 is 27.1 Å². The van der Waals surface area contributed by atoms with E-state index in [4.69, 9.17) is 4.74 Å². The average molecular weight is 491 g/mol. The number of sulfonamides is 1. The zero-order valence-corrected chi connectivity index (χ0v) is 19.5. The van der Waals surface area contributed by atoms with Crippen LogP contribution in [0.15, 0.2) is 53.4 Å². The third-order valence-corrected chi connectivity index (χ3v) is 8.48. The predicted molar refractivity (Wildman–Crippen MR) is 124 cm³/mol. The van der Waals surface area contributed by atoms with Crippen molar-refractivity contribution in [1.82, 2.24) is 4.31 Å². The van der Waals surface area contributed by atoms with Gasteiger partial charge in [0.15, 0.2) is 0 Å². The van der Waals surface area contributed by atoms with Gasteiger partial charge in [0.25, 0.3) is 0 Å². The van der Waals surface area contributed by atoms with Gasteiger partial charge < -0.3 is 10.1 Å². The van der Waals surface area contributed by atoms with Crippen LogP contribution in [0.3, 0.4) is 0 Å². The van der Waals surface area contributed by atoms with Gasteiger partial charge in [0, 0.05) is 23.2 Å². The summed E-state index contributed by atoms with van der Waals surface area (Å²) in [6.07, 6.45) is 1.02. The number of halogens is 1. The fourth-order valence-electron chi connectivity index (χ4n) is 3.88. The van der Waals surface area contributed by atoms with Crippen LogP contribution in [0.5, 0.6) is 0 Å². The zero-order valence-electron chi connectivity index (χ0n) is 17.9. The molecule has 1 atom stereocenters. The highest BCUT2D eigenvalue weighted by Gasteiger charge is 2.34. The smallest absolute Gasteiger partial charge is 0.341 e. The van der Waals surface area contributed by atoms with Crippen LogP contribution < -0.4 is 5.32 Å². The largest absolute Gasteiger partial charge is 0.462 e. The summed E-state index contributed by atoms with van der Waals surface area (Å²) in [5, 5.41) is 3.92. The molecule has 174 valence electrons. The molecule has 1 saturated heterocycles. The Morgan fingerprint density at radius 3 is 2.64 bits per heavy atom. The number of fused-ring (bicyclic) bond motifs is 1. The number of hydrogen-bond acceptors (Lipinski definition) is 6. The minimum absolute atomic E-state index is 0.00514. The summed E-state index contributed by atoms with van der Waals surface area (Å²) >= 11 is 1.27. The van der Waals surface area contributed by atoms with Gasteiger partial charge in [-0.25, -0.2) is 17.6 Å². The molecule has 4 rings (SSSR count). The molecule has 1 N–H and O–H groups in total. The molecule has 1 aliphatic heterocycles. The van der Waals surface area contributed by atoms with Crippen LogP contribution >= 0.6 is 11.3 Å². The molecule has 33 heavy (non-hydrogen) atoms. The quantitative estimate of drug-likeness (QED) is 0.522. The van der Waals surface area contributed by atoms with Crippen molar-refractivity contribution in [2.24, 2.45) is 5.92 Å². The van der Waals surface area contributed by atoms with Gasteiger partial charge in [0.05, 0.1) is 17.4 Å². The number of amides is 1. The standard InChI is InChI=1S/C23H23FN2O5S2/c1-2-31-23(28)20-18-7-3-4-8-19(18)32-22(20)25-21(27)15-6-5-13-26(14-15)33(29,30)17-11-9-16(24)10-12-17/h3-4,7-12,15H,2,5-6,13-14H2,1H3,(H,25,27). The molecule has 1 aromatic heterocycles. The number of benzene rings is 2. The van der Waals surface area contributed by atoms with Crippen LogP contribution in [-0.4, -0.2) is 44.3 Å². The Morgan fingerprint density at radius 1 is 1.18 bits per heavy atom. The van der Waals surface area contributed by atoms with Crippen molar-refractivity contribution >= 4 is 48.3 Å². The van der Waals surface area contributed by atoms with Crippen molar-refractivity contribution in [2.75, 3.05) is 25.0 Å². The van der Waals surface area contributed by atoms with Crippen LogP contribution in [0.2, 0.25) is 0 Å². The van der Waals surface area contributed by atoms with Crippen LogP contribution in [-0.2, 0) is 19.6 Å². The highest BCUT2D eigenvalue weighted by atomic mass is 32.2. The average Bonchev–Trinajstić information content (AvgIpc) is 3.17. The maximum Gasteiger partial charge on any atom is 0.341 e. The Balaban J connectivity index is 1.55. The molecule has 0 bridgehead atoms. The van der Waals surface area contributed by atoms with E-state index in [9.17, 15) is 22.4 Å². The molecule has 0 spiro atoms. The molecule has 2 heterocycles. The minimum Gasteiger partial charge on any atom is -0.462 e. The number of piperidine rings is 1. The summed E-state index contributed by atoms with van der Waals surface area (Å²) in [5.41, 5.74) is 0.303. The number of nitrogens with zero attached hydrogens (tertiary/aromatic N) is 1. The first kappa shape index (κ1) is 23.3. The van der Waals surface area contributed by atoms with Gasteiger partial charge in [0.1, 0.15) is 16.4 Å². The first-order valence-corrected chi connectivity index (χ1v) is 12.8. The van der Waals surface area contributed by atoms with Crippen molar-refractivity contribution in [3.63, 3.8) is 0 Å². The van der Waals surface area contributed by atoms with E-state index >= 15 is 0 Å². The molecule has 0 saturated carbocycles. The van der Waals surface area contributed by atoms with E-state index in [-0.39, 0.29) is 30.5 Å². The van der Waals surface area contributed by atoms with E-state index in [0.29, 0.717) is 28.8 Å². The van der Waals surface area contributed by atoms with Crippen molar-refractivity contribution in [2.45, 2.75) is 24.7 Å². The Morgan fingerprint density at radius 2 is 1.91 bits per heavy atom. The van der Waals surface area contributed by atoms with Gasteiger partial charge in [-0.15, -0.1) is 11.3 Å². The van der Waals surface area contributed by atoms with Crippen molar-refractivity contribution in [3.05, 3.63) is 59.9 Å². The number of ether oxygens (including phenoxy) is 1. The lowest BCUT2D eigenvalue weighted by atomic mass is 9.99. The summed E-state index contributed by atoms with van der Waals surface area (Å²) in [4.78, 5) is 25.7. The summed E-state index contributed by atoms with van der Waals surface area (Å²) in [6.45, 7) is 2.20. The summed E-state index contributed by atoms with van der Waals surface area (Å²) in [5.74, 6) is -1.99. The number of rotatable bonds is 6. The Hall–Kier alpha value is -2.82. The Bertz CT molecular complexity index is 1290. The predicted octanol–water partition coefficient (Wildman–Crippen LogP) is 4.26. The van der Waals surface area contributed by atoms with E-state index < -0.39 is 27.7 Å². The number of carbonyl (C=O) groups excluding carboxylic acids is 2. The maximum atomic E-state index is 13.2. The molecule has 2 aromatic carbocycles. The molecule has 0 aliphatic carbocycles. The van der Waals surface area contributed by atoms with E-state index in [1.165, 1.54) is 27.8 Å². The van der Waals surface area contributed by atoms with Crippen molar-refractivity contribution in [3.8, 4) is 0 Å². The van der Waals surface area contributed by atoms with E-state index in [1.54, 1.807) is 13.0 Å². The fraction of sp³-hybridized carbons (Fsp3) is 0.304. The van der Waals surface area contributed by atoms with Gasteiger partial charge in [0.2, 0.25) is 15.9 Å². The third-order valence-electron chi connectivity index (χ3n) is 5.52. The second-order valence-corrected chi connectivity index (χ2v) is 10.7. The molecule has 1 aliphatic rings. The highest BCUT2D eigenvalue weighted by molar-refractivity contribution is 7.89. The lowest BCUT2D eigenvalue weighted by molar-refractivity contribution is -0.120. The number of nitrogens with one attached hydrogen (secondary N) is 1. The normalized spacial score (nSPS) is 17.1. The Kier molecular flexibility index (Phi) is 6.78. The SMILES string of the molecule is CCOC(=O)c1c(NC(=O)C2CCCN(S(=O)(=O)c3ccc(F)cc3)C2)sc2ccccc12. The molecule has 7 nitrogen and oxygen atoms in total. The van der Waals surface area contributed by atoms with E-state index in [1.807, 2.05) is 18.2 Å². The van der Waals surface area contributed by atoms with Crippen LogP contribution in [0.25, 0.3) is 10.1 Å². The van der Waals surface area contributed by atoms with Gasteiger partial charge in [-0.2, -0.15) is 4.31 Å². The molecule has 1 amide bonds. The molecular formula is C23H23FN2O5S2. The van der Waals surface area contributed by atoms with E-state index in [0.717, 1.165) is 16.8 Å². The lowest BCUT2D eigenvalue weighted by Gasteiger charge is -2.31. The number of carbonyl (C=O) groups is 2. The van der Waals surface area contributed by atoms with Crippen molar-refractivity contribution in [1.29, 1.82) is 0 Å². The van der Waals surface area contributed by atoms with Gasteiger partial charge in [-0.1, -0.05) is 18.2 Å². The van der Waals surface area contributed by atoms with Gasteiger partial charge >= 0.3 is 5.97 Å². The Labute approximate surface area is 195 Å². The molecule has 10 heteroatoms. The highest BCUT2D eigenvalue weighted by Crippen LogP contribution is 2.37. The second kappa shape index (κ2) is 9.58. The zero-order chi connectivity index (χ0) is 23.6. The number of hydrogen-bond donors (Lipinski definition) is 1. The van der Waals surface area contributed by atoms with Gasteiger partial charge in [-0.3, -0.25) is 4.79 Å². The minimum atomic E-state index is -3.85. The molecule has 3 aromatic rings. The fourth-order valence-corrected chi connectivity index (χ4v) is 6.50. The topological polar surface area (TPSA) is 92.8 Å². The van der Waals surface area contributed by atoms with E-state index in [2.05, 4.69) is 5.32 Å². The lowest BCUT2D eigenvalue weighted by Crippen LogP contribution is -2.43. The molecule has 0 radical (unpaired) electrons. The molecule has 1 fully saturated rings. The second-order valence-electron chi connectivity index (χ2n) is 7.67. The van der Waals surface area contributed by atoms with Gasteiger partial charge in [-0.05, 0) is 50.1 Å². The number of anilines is 1. The first-order valence-electron chi connectivity index (χ1n) is 10.6. The van der Waals surface area contributed by atoms with Crippen LogP contribution in [0.1, 0.15) is 30.1 Å².